The number of hydrogen-bond donors (Lipinski definition) is 1. The minimum absolute atomic E-state index is 0.172. The van der Waals surface area contributed by atoms with Crippen LogP contribution in [0.5, 0.6) is 0 Å². The molecule has 1 saturated carbocycles. The molecule has 0 aromatic heterocycles. The Hall–Kier alpha value is -2.43. The van der Waals surface area contributed by atoms with E-state index >= 15 is 0 Å². The van der Waals surface area contributed by atoms with Gasteiger partial charge in [-0.15, -0.1) is 0 Å². The molecule has 0 spiro atoms. The number of nitrogens with one attached hydrogen (secondary N) is 1. The van der Waals surface area contributed by atoms with Crippen LogP contribution in [0.25, 0.3) is 0 Å². The lowest BCUT2D eigenvalue weighted by Crippen LogP contribution is -2.39. The Balaban J connectivity index is 1.43. The van der Waals surface area contributed by atoms with Crippen LogP contribution in [0.1, 0.15) is 18.9 Å². The Bertz CT molecular complexity index is 707. The molecule has 24 heavy (non-hydrogen) atoms. The third-order valence-electron chi connectivity index (χ3n) is 5.51. The molecule has 1 saturated heterocycles. The second-order valence-corrected chi connectivity index (χ2v) is 6.86. The van der Waals surface area contributed by atoms with E-state index in [9.17, 15) is 14.4 Å². The molecule has 1 N–H and O–H groups in total. The molecule has 3 aliphatic rings. The number of imide groups is 1. The van der Waals surface area contributed by atoms with Crippen LogP contribution in [0, 0.1) is 23.7 Å². The van der Waals surface area contributed by atoms with Gasteiger partial charge in [-0.25, -0.2) is 0 Å². The third-order valence-corrected chi connectivity index (χ3v) is 5.51. The topological polar surface area (TPSA) is 66.5 Å². The molecular weight excluding hydrogens is 304 g/mol. The van der Waals surface area contributed by atoms with E-state index in [2.05, 4.69) is 24.4 Å². The first-order chi connectivity index (χ1) is 11.6. The van der Waals surface area contributed by atoms with Crippen LogP contribution in [0.3, 0.4) is 0 Å². The van der Waals surface area contributed by atoms with Gasteiger partial charge in [-0.05, 0) is 42.4 Å². The summed E-state index contributed by atoms with van der Waals surface area (Å²) in [5.74, 6) is -0.844. The summed E-state index contributed by atoms with van der Waals surface area (Å²) in [6.45, 7) is 1.87. The molecule has 1 heterocycles. The summed E-state index contributed by atoms with van der Waals surface area (Å²) < 4.78 is 0. The maximum atomic E-state index is 12.5. The van der Waals surface area contributed by atoms with E-state index in [1.54, 1.807) is 0 Å². The molecule has 3 amide bonds. The van der Waals surface area contributed by atoms with Crippen molar-refractivity contribution in [3.8, 4) is 0 Å². The normalized spacial score (nSPS) is 30.1. The third kappa shape index (κ3) is 2.27. The summed E-state index contributed by atoms with van der Waals surface area (Å²) in [6.07, 6.45) is 5.94. The number of fused-ring (bicyclic) bond motifs is 5. The zero-order valence-corrected chi connectivity index (χ0v) is 13.6. The van der Waals surface area contributed by atoms with Crippen molar-refractivity contribution in [2.24, 2.45) is 23.7 Å². The predicted octanol–water partition coefficient (Wildman–Crippen LogP) is 1.99. The van der Waals surface area contributed by atoms with Gasteiger partial charge in [0.1, 0.15) is 6.54 Å². The molecule has 4 rings (SSSR count). The first kappa shape index (κ1) is 15.1. The number of amides is 3. The first-order valence-corrected chi connectivity index (χ1v) is 8.51. The Morgan fingerprint density at radius 3 is 2.21 bits per heavy atom. The monoisotopic (exact) mass is 324 g/mol. The van der Waals surface area contributed by atoms with Crippen LogP contribution in [0.2, 0.25) is 0 Å². The van der Waals surface area contributed by atoms with Crippen LogP contribution in [0.15, 0.2) is 36.4 Å². The average molecular weight is 324 g/mol. The lowest BCUT2D eigenvalue weighted by atomic mass is 9.85. The maximum absolute atomic E-state index is 12.5. The van der Waals surface area contributed by atoms with Crippen molar-refractivity contribution in [2.75, 3.05) is 11.9 Å². The maximum Gasteiger partial charge on any atom is 0.244 e. The molecule has 0 radical (unpaired) electrons. The second-order valence-electron chi connectivity index (χ2n) is 6.86. The lowest BCUT2D eigenvalue weighted by Gasteiger charge is -2.16. The summed E-state index contributed by atoms with van der Waals surface area (Å²) in [4.78, 5) is 38.5. The molecule has 2 bridgehead atoms. The van der Waals surface area contributed by atoms with E-state index in [-0.39, 0.29) is 47.9 Å². The van der Waals surface area contributed by atoms with Crippen LogP contribution in [-0.2, 0) is 20.8 Å². The number of carbonyl (C=O) groups excluding carboxylic acids is 3. The van der Waals surface area contributed by atoms with Crippen LogP contribution in [0.4, 0.5) is 5.69 Å². The summed E-state index contributed by atoms with van der Waals surface area (Å²) in [5.41, 5.74) is 1.87. The molecule has 2 unspecified atom stereocenters. The first-order valence-electron chi connectivity index (χ1n) is 8.51. The van der Waals surface area contributed by atoms with Gasteiger partial charge in [0.05, 0.1) is 11.8 Å². The van der Waals surface area contributed by atoms with Gasteiger partial charge in [0.15, 0.2) is 0 Å². The molecule has 124 valence electrons. The highest BCUT2D eigenvalue weighted by Crippen LogP contribution is 2.52. The fourth-order valence-electron chi connectivity index (χ4n) is 4.29. The van der Waals surface area contributed by atoms with Gasteiger partial charge >= 0.3 is 0 Å². The van der Waals surface area contributed by atoms with Gasteiger partial charge in [-0.3, -0.25) is 19.3 Å². The van der Waals surface area contributed by atoms with E-state index in [1.807, 2.05) is 24.3 Å². The molecule has 1 aliphatic heterocycles. The predicted molar refractivity (Wildman–Crippen MR) is 88.9 cm³/mol. The summed E-state index contributed by atoms with van der Waals surface area (Å²) in [5, 5.41) is 2.76. The quantitative estimate of drug-likeness (QED) is 0.680. The zero-order chi connectivity index (χ0) is 16.8. The van der Waals surface area contributed by atoms with Gasteiger partial charge < -0.3 is 5.32 Å². The smallest absolute Gasteiger partial charge is 0.244 e. The number of aryl methyl sites for hydroxylation is 1. The van der Waals surface area contributed by atoms with Gasteiger partial charge in [-0.1, -0.05) is 31.2 Å². The fourth-order valence-corrected chi connectivity index (χ4v) is 4.29. The van der Waals surface area contributed by atoms with E-state index in [4.69, 9.17) is 0 Å². The van der Waals surface area contributed by atoms with Crippen LogP contribution < -0.4 is 5.32 Å². The minimum atomic E-state index is -0.332. The number of hydrogen-bond acceptors (Lipinski definition) is 3. The second kappa shape index (κ2) is 5.58. The number of carbonyl (C=O) groups is 3. The molecule has 2 fully saturated rings. The van der Waals surface area contributed by atoms with Crippen molar-refractivity contribution in [1.29, 1.82) is 0 Å². The lowest BCUT2D eigenvalue weighted by molar-refractivity contribution is -0.143. The fraction of sp³-hybridized carbons (Fsp3) is 0.421. The molecule has 5 heteroatoms. The number of benzene rings is 1. The molecule has 4 atom stereocenters. The van der Waals surface area contributed by atoms with Crippen molar-refractivity contribution >= 4 is 23.4 Å². The van der Waals surface area contributed by atoms with Crippen molar-refractivity contribution in [3.05, 3.63) is 42.0 Å². The van der Waals surface area contributed by atoms with Crippen LogP contribution in [-0.4, -0.2) is 29.2 Å². The number of likely N-dealkylation sites (tertiary alicyclic amines) is 1. The molecular formula is C19H20N2O3. The standard InChI is InChI=1S/C19H20N2O3/c1-2-11-3-7-14(8-4-11)20-15(22)10-21-18(23)16-12-5-6-13(9-12)17(16)19(21)24/h3-8,12-13,16-17H,2,9-10H2,1H3,(H,20,22)/t12-,13+,16?,17?. The largest absolute Gasteiger partial charge is 0.325 e. The van der Waals surface area contributed by atoms with Gasteiger partial charge in [0.25, 0.3) is 0 Å². The summed E-state index contributed by atoms with van der Waals surface area (Å²) in [7, 11) is 0. The van der Waals surface area contributed by atoms with Crippen molar-refractivity contribution in [3.63, 3.8) is 0 Å². The van der Waals surface area contributed by atoms with Crippen molar-refractivity contribution in [2.45, 2.75) is 19.8 Å². The van der Waals surface area contributed by atoms with Crippen LogP contribution >= 0.6 is 0 Å². The minimum Gasteiger partial charge on any atom is -0.325 e. The highest BCUT2D eigenvalue weighted by Gasteiger charge is 2.59. The number of anilines is 1. The Kier molecular flexibility index (Phi) is 3.52. The Labute approximate surface area is 140 Å². The number of rotatable bonds is 4. The highest BCUT2D eigenvalue weighted by atomic mass is 16.2. The van der Waals surface area contributed by atoms with Crippen molar-refractivity contribution < 1.29 is 14.4 Å². The summed E-state index contributed by atoms with van der Waals surface area (Å²) in [6, 6.07) is 7.58. The van der Waals surface area contributed by atoms with Gasteiger partial charge in [0, 0.05) is 5.69 Å². The Morgan fingerprint density at radius 2 is 1.67 bits per heavy atom. The van der Waals surface area contributed by atoms with Gasteiger partial charge in [0.2, 0.25) is 17.7 Å². The molecule has 2 aliphatic carbocycles. The SMILES string of the molecule is CCc1ccc(NC(=O)CN2C(=O)C3C(C2=O)[C@H]2C=C[C@@H]3C2)cc1. The number of nitrogens with zero attached hydrogens (tertiary/aromatic N) is 1. The molecule has 1 aromatic carbocycles. The van der Waals surface area contributed by atoms with E-state index in [0.29, 0.717) is 5.69 Å². The van der Waals surface area contributed by atoms with Crippen molar-refractivity contribution in [1.82, 2.24) is 4.90 Å². The number of allylic oxidation sites excluding steroid dienone is 2. The molecule has 5 nitrogen and oxygen atoms in total. The highest BCUT2D eigenvalue weighted by molar-refractivity contribution is 6.09. The summed E-state index contributed by atoms with van der Waals surface area (Å²) >= 11 is 0. The molecule has 1 aromatic rings. The van der Waals surface area contributed by atoms with E-state index in [1.165, 1.54) is 5.56 Å². The zero-order valence-electron chi connectivity index (χ0n) is 13.6. The Morgan fingerprint density at radius 1 is 1.08 bits per heavy atom. The van der Waals surface area contributed by atoms with Gasteiger partial charge in [-0.2, -0.15) is 0 Å². The van der Waals surface area contributed by atoms with E-state index in [0.717, 1.165) is 17.7 Å². The average Bonchev–Trinajstić information content (AvgIpc) is 3.25. The van der Waals surface area contributed by atoms with E-state index < -0.39 is 0 Å².